The van der Waals surface area contributed by atoms with Crippen LogP contribution in [0.5, 0.6) is 0 Å². The largest absolute Gasteiger partial charge is 0.465 e. The van der Waals surface area contributed by atoms with Crippen LogP contribution in [0, 0.1) is 6.92 Å². The quantitative estimate of drug-likeness (QED) is 0.343. The fourth-order valence-corrected chi connectivity index (χ4v) is 4.35. The number of aryl methyl sites for hydroxylation is 1. The molecule has 0 radical (unpaired) electrons. The summed E-state index contributed by atoms with van der Waals surface area (Å²) in [7, 11) is 1.38. The van der Waals surface area contributed by atoms with Gasteiger partial charge in [-0.25, -0.2) is 9.48 Å². The van der Waals surface area contributed by atoms with E-state index >= 15 is 0 Å². The predicted molar refractivity (Wildman–Crippen MR) is 138 cm³/mol. The first-order valence-electron chi connectivity index (χ1n) is 11.8. The monoisotopic (exact) mass is 468 g/mol. The fraction of sp³-hybridized carbons (Fsp3) is 0.250. The molecule has 0 aliphatic carbocycles. The molecule has 35 heavy (non-hydrogen) atoms. The van der Waals surface area contributed by atoms with E-state index in [1.807, 2.05) is 65.5 Å². The molecule has 1 aliphatic heterocycles. The molecule has 1 unspecified atom stereocenters. The molecular formula is C28H28N4O3. The average Bonchev–Trinajstić information content (AvgIpc) is 3.26. The minimum Gasteiger partial charge on any atom is -0.465 e. The van der Waals surface area contributed by atoms with Gasteiger partial charge in [-0.3, -0.25) is 4.98 Å². The molecule has 178 valence electrons. The van der Waals surface area contributed by atoms with Gasteiger partial charge in [-0.15, -0.1) is 0 Å². The average molecular weight is 469 g/mol. The van der Waals surface area contributed by atoms with Crippen molar-refractivity contribution < 1.29 is 14.3 Å². The topological polar surface area (TPSA) is 78.3 Å². The number of carbonyl (C=O) groups excluding carboxylic acids is 1. The molecule has 3 heterocycles. The molecule has 1 fully saturated rings. The Morgan fingerprint density at radius 2 is 2.03 bits per heavy atom. The van der Waals surface area contributed by atoms with Crippen molar-refractivity contribution in [2.75, 3.05) is 19.0 Å². The number of nitrogens with one attached hydrogen (secondary N) is 1. The van der Waals surface area contributed by atoms with Gasteiger partial charge in [-0.1, -0.05) is 12.1 Å². The minimum absolute atomic E-state index is 0.108. The van der Waals surface area contributed by atoms with Crippen molar-refractivity contribution >= 4 is 40.4 Å². The molecule has 1 atom stereocenters. The number of aromatic nitrogens is 3. The molecule has 1 N–H and O–H groups in total. The highest BCUT2D eigenvalue weighted by atomic mass is 16.5. The van der Waals surface area contributed by atoms with E-state index in [9.17, 15) is 4.79 Å². The zero-order valence-corrected chi connectivity index (χ0v) is 19.9. The maximum atomic E-state index is 12.2. The Hall–Kier alpha value is -3.97. The van der Waals surface area contributed by atoms with Gasteiger partial charge in [0.15, 0.2) is 6.23 Å². The number of fused-ring (bicyclic) bond motifs is 1. The first-order valence-corrected chi connectivity index (χ1v) is 11.8. The van der Waals surface area contributed by atoms with Gasteiger partial charge in [0.1, 0.15) is 0 Å². The third kappa shape index (κ3) is 4.95. The molecule has 4 aromatic rings. The second kappa shape index (κ2) is 10.1. The summed E-state index contributed by atoms with van der Waals surface area (Å²) in [6.45, 7) is 2.78. The molecule has 0 amide bonds. The van der Waals surface area contributed by atoms with Crippen LogP contribution >= 0.6 is 0 Å². The lowest BCUT2D eigenvalue weighted by molar-refractivity contribution is -0.0367. The van der Waals surface area contributed by atoms with Crippen LogP contribution in [-0.2, 0) is 9.47 Å². The Morgan fingerprint density at radius 3 is 2.83 bits per heavy atom. The number of pyridine rings is 1. The summed E-state index contributed by atoms with van der Waals surface area (Å²) in [5, 5.41) is 9.33. The number of rotatable bonds is 6. The Balaban J connectivity index is 1.54. The number of hydrogen-bond acceptors (Lipinski definition) is 6. The van der Waals surface area contributed by atoms with Gasteiger partial charge in [0.25, 0.3) is 0 Å². The van der Waals surface area contributed by atoms with E-state index in [0.29, 0.717) is 11.3 Å². The third-order valence-electron chi connectivity index (χ3n) is 6.12. The summed E-state index contributed by atoms with van der Waals surface area (Å²) in [6.07, 6.45) is 8.78. The van der Waals surface area contributed by atoms with E-state index in [0.717, 1.165) is 59.4 Å². The smallest absolute Gasteiger partial charge is 0.339 e. The molecule has 0 bridgehead atoms. The van der Waals surface area contributed by atoms with E-state index in [4.69, 9.17) is 14.6 Å². The molecule has 2 aromatic heterocycles. The second-order valence-electron chi connectivity index (χ2n) is 8.64. The first kappa shape index (κ1) is 22.8. The van der Waals surface area contributed by atoms with Gasteiger partial charge >= 0.3 is 5.97 Å². The van der Waals surface area contributed by atoms with Crippen LogP contribution in [0.25, 0.3) is 23.1 Å². The number of nitrogens with zero attached hydrogens (tertiary/aromatic N) is 3. The highest BCUT2D eigenvalue weighted by Crippen LogP contribution is 2.32. The van der Waals surface area contributed by atoms with Gasteiger partial charge in [0.05, 0.1) is 35.3 Å². The van der Waals surface area contributed by atoms with Crippen LogP contribution in [0.3, 0.4) is 0 Å². The van der Waals surface area contributed by atoms with Crippen LogP contribution in [0.4, 0.5) is 11.4 Å². The lowest BCUT2D eigenvalue weighted by Crippen LogP contribution is -2.19. The number of methoxy groups -OCH3 is 1. The molecule has 1 aliphatic rings. The van der Waals surface area contributed by atoms with Gasteiger partial charge in [0, 0.05) is 23.9 Å². The van der Waals surface area contributed by atoms with Crippen molar-refractivity contribution in [3.05, 3.63) is 83.3 Å². The Labute approximate surface area is 204 Å². The number of hydrogen-bond donors (Lipinski definition) is 1. The van der Waals surface area contributed by atoms with Crippen molar-refractivity contribution in [2.45, 2.75) is 32.4 Å². The number of benzene rings is 2. The molecule has 7 nitrogen and oxygen atoms in total. The summed E-state index contributed by atoms with van der Waals surface area (Å²) in [6, 6.07) is 17.4. The van der Waals surface area contributed by atoms with Crippen molar-refractivity contribution in [1.29, 1.82) is 0 Å². The van der Waals surface area contributed by atoms with Crippen molar-refractivity contribution in [3.8, 4) is 0 Å². The number of ether oxygens (including phenoxy) is 2. The van der Waals surface area contributed by atoms with Gasteiger partial charge in [-0.2, -0.15) is 5.10 Å². The van der Waals surface area contributed by atoms with Crippen LogP contribution in [0.2, 0.25) is 0 Å². The van der Waals surface area contributed by atoms with E-state index < -0.39 is 0 Å². The highest BCUT2D eigenvalue weighted by Gasteiger charge is 2.21. The summed E-state index contributed by atoms with van der Waals surface area (Å²) in [4.78, 5) is 16.6. The first-order chi connectivity index (χ1) is 17.1. The second-order valence-corrected chi connectivity index (χ2v) is 8.64. The van der Waals surface area contributed by atoms with E-state index in [2.05, 4.69) is 23.3 Å². The molecule has 0 spiro atoms. The van der Waals surface area contributed by atoms with Gasteiger partial charge in [-0.05, 0) is 86.4 Å². The maximum absolute atomic E-state index is 12.2. The molecule has 5 rings (SSSR count). The molecule has 0 saturated carbocycles. The van der Waals surface area contributed by atoms with Crippen molar-refractivity contribution in [2.24, 2.45) is 0 Å². The van der Waals surface area contributed by atoms with Crippen molar-refractivity contribution in [3.63, 3.8) is 0 Å². The summed E-state index contributed by atoms with van der Waals surface area (Å²) in [5.74, 6) is -0.382. The minimum atomic E-state index is -0.382. The van der Waals surface area contributed by atoms with E-state index in [1.54, 1.807) is 6.07 Å². The third-order valence-corrected chi connectivity index (χ3v) is 6.12. The fourth-order valence-electron chi connectivity index (χ4n) is 4.35. The number of carbonyl (C=O) groups is 1. The zero-order chi connectivity index (χ0) is 24.2. The standard InChI is InChI=1S/C28H28N4O3/c1-19-14-15-29-20(17-19)11-13-25-22-12-10-21(30-24-8-4-3-7-23(24)28(33)34-2)18-26(22)32(31-25)27-9-5-6-16-35-27/h3-4,7-8,10-15,17-18,27,30H,5-6,9,16H2,1-2H3. The molecule has 7 heteroatoms. The zero-order valence-electron chi connectivity index (χ0n) is 19.9. The Kier molecular flexibility index (Phi) is 6.59. The number of para-hydroxylation sites is 1. The van der Waals surface area contributed by atoms with Crippen LogP contribution < -0.4 is 5.32 Å². The Bertz CT molecular complexity index is 1390. The Morgan fingerprint density at radius 1 is 1.14 bits per heavy atom. The SMILES string of the molecule is COC(=O)c1ccccc1Nc1ccc2c(C=Cc3cc(C)ccn3)nn(C3CCCCO3)c2c1. The maximum Gasteiger partial charge on any atom is 0.339 e. The summed E-state index contributed by atoms with van der Waals surface area (Å²) in [5.41, 5.74) is 5.89. The van der Waals surface area contributed by atoms with Crippen molar-refractivity contribution in [1.82, 2.24) is 14.8 Å². The molecule has 1 saturated heterocycles. The van der Waals surface area contributed by atoms with E-state index in [1.165, 1.54) is 7.11 Å². The van der Waals surface area contributed by atoms with E-state index in [-0.39, 0.29) is 12.2 Å². The van der Waals surface area contributed by atoms with Crippen LogP contribution in [0.1, 0.15) is 52.8 Å². The summed E-state index contributed by atoms with van der Waals surface area (Å²) >= 11 is 0. The number of anilines is 2. The lowest BCUT2D eigenvalue weighted by atomic mass is 10.1. The molecule has 2 aromatic carbocycles. The van der Waals surface area contributed by atoms with Crippen LogP contribution in [-0.4, -0.2) is 34.5 Å². The normalized spacial score (nSPS) is 16.0. The van der Waals surface area contributed by atoms with Crippen LogP contribution in [0.15, 0.2) is 60.8 Å². The molecular weight excluding hydrogens is 440 g/mol. The number of esters is 1. The van der Waals surface area contributed by atoms with Gasteiger partial charge in [0.2, 0.25) is 0 Å². The summed E-state index contributed by atoms with van der Waals surface area (Å²) < 4.78 is 13.0. The predicted octanol–water partition coefficient (Wildman–Crippen LogP) is 6.14. The lowest BCUT2D eigenvalue weighted by Gasteiger charge is -2.23. The highest BCUT2D eigenvalue weighted by molar-refractivity contribution is 5.97. The van der Waals surface area contributed by atoms with Gasteiger partial charge < -0.3 is 14.8 Å².